The van der Waals surface area contributed by atoms with Gasteiger partial charge in [-0.15, -0.1) is 0 Å². The number of nitrogens with two attached hydrogens (primary N) is 1. The number of benzene rings is 2. The highest BCUT2D eigenvalue weighted by Crippen LogP contribution is 2.41. The van der Waals surface area contributed by atoms with Crippen LogP contribution in [-0.4, -0.2) is 27.9 Å². The number of nitrogen functional groups attached to an aromatic ring is 1. The van der Waals surface area contributed by atoms with Crippen LogP contribution in [0.25, 0.3) is 0 Å². The quantitative estimate of drug-likeness (QED) is 0.779. The van der Waals surface area contributed by atoms with Gasteiger partial charge in [-0.2, -0.15) is 23.3 Å². The third-order valence-corrected chi connectivity index (χ3v) is 4.25. The predicted octanol–water partition coefficient (Wildman–Crippen LogP) is 3.53. The Balaban J connectivity index is 2.10. The van der Waals surface area contributed by atoms with Crippen molar-refractivity contribution in [2.45, 2.75) is 18.3 Å². The van der Waals surface area contributed by atoms with E-state index in [0.717, 1.165) is 0 Å². The number of halogens is 4. The number of carbonyl (C=O) groups excluding carboxylic acids is 1. The van der Waals surface area contributed by atoms with Crippen LogP contribution in [0, 0.1) is 0 Å². The number of carbonyl (C=O) groups is 1. The normalized spacial score (nSPS) is 20.2. The lowest BCUT2D eigenvalue weighted by atomic mass is 9.96. The van der Waals surface area contributed by atoms with Crippen LogP contribution in [0.5, 0.6) is 0 Å². The molecule has 0 aromatic heterocycles. The van der Waals surface area contributed by atoms with E-state index in [1.54, 1.807) is 6.07 Å². The molecule has 2 aromatic rings. The highest BCUT2D eigenvalue weighted by atomic mass is 35.5. The zero-order chi connectivity index (χ0) is 19.1. The summed E-state index contributed by atoms with van der Waals surface area (Å²) in [6.07, 6.45) is -5.70. The van der Waals surface area contributed by atoms with Crippen molar-refractivity contribution in [2.24, 2.45) is 5.10 Å². The summed E-state index contributed by atoms with van der Waals surface area (Å²) < 4.78 is 39.5. The van der Waals surface area contributed by atoms with Crippen LogP contribution >= 0.6 is 11.6 Å². The molecule has 3 rings (SSSR count). The van der Waals surface area contributed by atoms with Crippen LogP contribution in [0.4, 0.5) is 18.9 Å². The molecule has 1 heterocycles. The highest BCUT2D eigenvalue weighted by molar-refractivity contribution is 6.30. The van der Waals surface area contributed by atoms with Gasteiger partial charge in [0.15, 0.2) is 5.72 Å². The Bertz CT molecular complexity index is 884. The lowest BCUT2D eigenvalue weighted by Crippen LogP contribution is -2.44. The summed E-state index contributed by atoms with van der Waals surface area (Å²) in [5.41, 5.74) is 2.21. The summed E-state index contributed by atoms with van der Waals surface area (Å²) >= 11 is 5.79. The fourth-order valence-corrected chi connectivity index (χ4v) is 2.79. The standard InChI is InChI=1S/C17H13ClF3N3O2/c18-11-7-5-10(6-8-11)16(26)9-14(17(19,20)21)23-24(16)15(25)12-3-1-2-4-13(12)22/h1-8,26H,9,22H2/t16-/m1/s1. The first-order valence-corrected chi connectivity index (χ1v) is 7.83. The largest absolute Gasteiger partial charge is 0.431 e. The van der Waals surface area contributed by atoms with E-state index < -0.39 is 29.9 Å². The number of para-hydroxylation sites is 1. The zero-order valence-electron chi connectivity index (χ0n) is 13.2. The van der Waals surface area contributed by atoms with Crippen molar-refractivity contribution in [3.63, 3.8) is 0 Å². The number of amides is 1. The van der Waals surface area contributed by atoms with Crippen LogP contribution in [0.2, 0.25) is 5.02 Å². The van der Waals surface area contributed by atoms with Gasteiger partial charge in [0, 0.05) is 16.3 Å². The Kier molecular flexibility index (Phi) is 4.41. The second kappa shape index (κ2) is 6.30. The number of alkyl halides is 3. The van der Waals surface area contributed by atoms with Gasteiger partial charge in [-0.05, 0) is 24.3 Å². The molecule has 5 nitrogen and oxygen atoms in total. The molecule has 3 N–H and O–H groups in total. The molecule has 1 atom stereocenters. The van der Waals surface area contributed by atoms with Crippen molar-refractivity contribution in [3.8, 4) is 0 Å². The Morgan fingerprint density at radius 3 is 2.38 bits per heavy atom. The number of hydrazone groups is 1. The third kappa shape index (κ3) is 3.13. The van der Waals surface area contributed by atoms with E-state index in [-0.39, 0.29) is 16.8 Å². The SMILES string of the molecule is Nc1ccccc1C(=O)N1N=C(C(F)(F)F)C[C@@]1(O)c1ccc(Cl)cc1. The van der Waals surface area contributed by atoms with Crippen molar-refractivity contribution in [3.05, 3.63) is 64.7 Å². The number of hydrogen-bond donors (Lipinski definition) is 2. The van der Waals surface area contributed by atoms with Gasteiger partial charge < -0.3 is 10.8 Å². The maximum Gasteiger partial charge on any atom is 0.431 e. The summed E-state index contributed by atoms with van der Waals surface area (Å²) in [7, 11) is 0. The van der Waals surface area contributed by atoms with Crippen LogP contribution in [0.3, 0.4) is 0 Å². The fraction of sp³-hybridized carbons (Fsp3) is 0.176. The molecule has 0 aliphatic carbocycles. The second-order valence-electron chi connectivity index (χ2n) is 5.75. The molecule has 26 heavy (non-hydrogen) atoms. The first-order chi connectivity index (χ1) is 12.1. The van der Waals surface area contributed by atoms with E-state index >= 15 is 0 Å². The van der Waals surface area contributed by atoms with Crippen molar-refractivity contribution in [1.29, 1.82) is 0 Å². The molecule has 9 heteroatoms. The molecule has 0 saturated heterocycles. The Morgan fingerprint density at radius 1 is 1.19 bits per heavy atom. The molecule has 0 radical (unpaired) electrons. The van der Waals surface area contributed by atoms with E-state index in [9.17, 15) is 23.1 Å². The van der Waals surface area contributed by atoms with Gasteiger partial charge in [0.05, 0.1) is 12.0 Å². The van der Waals surface area contributed by atoms with Crippen LogP contribution < -0.4 is 5.73 Å². The van der Waals surface area contributed by atoms with Gasteiger partial charge in [0.25, 0.3) is 5.91 Å². The molecule has 1 aliphatic heterocycles. The highest BCUT2D eigenvalue weighted by Gasteiger charge is 2.53. The fourth-order valence-electron chi connectivity index (χ4n) is 2.66. The topological polar surface area (TPSA) is 78.9 Å². The lowest BCUT2D eigenvalue weighted by molar-refractivity contribution is -0.0815. The van der Waals surface area contributed by atoms with E-state index in [0.29, 0.717) is 10.0 Å². The lowest BCUT2D eigenvalue weighted by Gasteiger charge is -2.31. The maximum absolute atomic E-state index is 13.2. The third-order valence-electron chi connectivity index (χ3n) is 4.00. The number of hydrogen-bond acceptors (Lipinski definition) is 4. The first-order valence-electron chi connectivity index (χ1n) is 7.45. The van der Waals surface area contributed by atoms with Gasteiger partial charge in [0.1, 0.15) is 5.71 Å². The van der Waals surface area contributed by atoms with E-state index in [2.05, 4.69) is 5.10 Å². The minimum Gasteiger partial charge on any atom is -0.398 e. The van der Waals surface area contributed by atoms with E-state index in [4.69, 9.17) is 17.3 Å². The molecule has 1 aliphatic rings. The van der Waals surface area contributed by atoms with Crippen molar-refractivity contribution < 1.29 is 23.1 Å². The van der Waals surface area contributed by atoms with Crippen molar-refractivity contribution >= 4 is 28.9 Å². The molecule has 2 aromatic carbocycles. The van der Waals surface area contributed by atoms with Gasteiger partial charge in [0.2, 0.25) is 0 Å². The minimum atomic E-state index is -4.79. The minimum absolute atomic E-state index is 0.0488. The monoisotopic (exact) mass is 383 g/mol. The Hall–Kier alpha value is -2.58. The summed E-state index contributed by atoms with van der Waals surface area (Å²) in [6, 6.07) is 11.3. The summed E-state index contributed by atoms with van der Waals surface area (Å²) in [4.78, 5) is 12.8. The molecule has 136 valence electrons. The molecule has 0 unspecified atom stereocenters. The second-order valence-corrected chi connectivity index (χ2v) is 6.19. The summed E-state index contributed by atoms with van der Waals surface area (Å²) in [6.45, 7) is 0. The van der Waals surface area contributed by atoms with E-state index in [1.165, 1.54) is 42.5 Å². The Labute approximate surface area is 151 Å². The molecule has 0 saturated carbocycles. The number of rotatable bonds is 2. The molecular weight excluding hydrogens is 371 g/mol. The van der Waals surface area contributed by atoms with Gasteiger partial charge in [-0.25, -0.2) is 0 Å². The average molecular weight is 384 g/mol. The zero-order valence-corrected chi connectivity index (χ0v) is 13.9. The molecule has 0 fully saturated rings. The predicted molar refractivity (Wildman–Crippen MR) is 90.5 cm³/mol. The first kappa shape index (κ1) is 18.2. The molecular formula is C17H13ClF3N3O2. The van der Waals surface area contributed by atoms with Crippen LogP contribution in [0.15, 0.2) is 53.6 Å². The number of nitrogens with zero attached hydrogens (tertiary/aromatic N) is 2. The summed E-state index contributed by atoms with van der Waals surface area (Å²) in [5, 5.41) is 15.1. The van der Waals surface area contributed by atoms with Gasteiger partial charge in [-0.1, -0.05) is 35.9 Å². The molecule has 1 amide bonds. The maximum atomic E-state index is 13.2. The Morgan fingerprint density at radius 2 is 1.81 bits per heavy atom. The number of anilines is 1. The van der Waals surface area contributed by atoms with Crippen LogP contribution in [-0.2, 0) is 5.72 Å². The molecule has 0 bridgehead atoms. The van der Waals surface area contributed by atoms with E-state index in [1.807, 2.05) is 0 Å². The summed E-state index contributed by atoms with van der Waals surface area (Å²) in [5.74, 6) is -0.945. The smallest absolute Gasteiger partial charge is 0.398 e. The number of aliphatic hydroxyl groups is 1. The van der Waals surface area contributed by atoms with Crippen molar-refractivity contribution in [2.75, 3.05) is 5.73 Å². The van der Waals surface area contributed by atoms with Crippen molar-refractivity contribution in [1.82, 2.24) is 5.01 Å². The molecule has 0 spiro atoms. The van der Waals surface area contributed by atoms with Gasteiger partial charge in [-0.3, -0.25) is 4.79 Å². The van der Waals surface area contributed by atoms with Crippen LogP contribution in [0.1, 0.15) is 22.3 Å². The van der Waals surface area contributed by atoms with Gasteiger partial charge >= 0.3 is 6.18 Å². The average Bonchev–Trinajstić information content (AvgIpc) is 2.94.